The Labute approximate surface area is 135 Å². The summed E-state index contributed by atoms with van der Waals surface area (Å²) in [6.45, 7) is 0.902. The smallest absolute Gasteiger partial charge is 0.348 e. The number of benzene rings is 2. The monoisotopic (exact) mass is 306 g/mol. The van der Waals surface area contributed by atoms with Crippen molar-refractivity contribution in [3.63, 3.8) is 0 Å². The number of nitrogens with one attached hydrogen (secondary N) is 2. The molecule has 3 heterocycles. The summed E-state index contributed by atoms with van der Waals surface area (Å²) < 4.78 is 0. The summed E-state index contributed by atoms with van der Waals surface area (Å²) in [5.74, 6) is 0.750. The van der Waals surface area contributed by atoms with Gasteiger partial charge in [0, 0.05) is 25.1 Å². The average Bonchev–Trinajstić information content (AvgIpc) is 2.98. The fourth-order valence-electron chi connectivity index (χ4n) is 4.75. The number of nitrogens with zero attached hydrogens (tertiary/aromatic N) is 1. The number of quaternary nitrogens is 1. The van der Waals surface area contributed by atoms with Gasteiger partial charge >= 0.3 is 5.91 Å². The molecule has 116 valence electrons. The van der Waals surface area contributed by atoms with Gasteiger partial charge in [0.15, 0.2) is 6.17 Å². The molecule has 2 N–H and O–H groups in total. The third-order valence-corrected chi connectivity index (χ3v) is 5.78. The zero-order valence-electron chi connectivity index (χ0n) is 13.1. The first kappa shape index (κ1) is 13.1. The van der Waals surface area contributed by atoms with Crippen LogP contribution in [0.4, 0.5) is 11.4 Å². The number of anilines is 2. The van der Waals surface area contributed by atoms with Crippen molar-refractivity contribution < 1.29 is 9.69 Å². The minimum absolute atomic E-state index is 0.156. The highest BCUT2D eigenvalue weighted by Gasteiger charge is 2.53. The Morgan fingerprint density at radius 3 is 2.83 bits per heavy atom. The molecule has 1 fully saturated rings. The molecule has 0 aromatic heterocycles. The van der Waals surface area contributed by atoms with Crippen molar-refractivity contribution in [1.29, 1.82) is 0 Å². The lowest BCUT2D eigenvalue weighted by atomic mass is 9.84. The molecule has 1 saturated heterocycles. The van der Waals surface area contributed by atoms with Crippen LogP contribution >= 0.6 is 0 Å². The molecular weight excluding hydrogens is 286 g/mol. The summed E-state index contributed by atoms with van der Waals surface area (Å²) in [5, 5.41) is 3.70. The minimum atomic E-state index is 0.156. The van der Waals surface area contributed by atoms with Crippen LogP contribution in [0.1, 0.15) is 28.3 Å². The Balaban J connectivity index is 1.60. The van der Waals surface area contributed by atoms with Crippen LogP contribution in [-0.4, -0.2) is 31.7 Å². The summed E-state index contributed by atoms with van der Waals surface area (Å²) in [5.41, 5.74) is 4.57. The van der Waals surface area contributed by atoms with Crippen LogP contribution in [-0.2, 0) is 0 Å². The van der Waals surface area contributed by atoms with Gasteiger partial charge in [-0.2, -0.15) is 0 Å². The Kier molecular flexibility index (Phi) is 2.62. The van der Waals surface area contributed by atoms with E-state index in [2.05, 4.69) is 47.6 Å². The largest absolute Gasteiger partial charge is 0.374 e. The third-order valence-electron chi connectivity index (χ3n) is 5.78. The second-order valence-corrected chi connectivity index (χ2v) is 6.83. The normalized spacial score (nSPS) is 30.8. The van der Waals surface area contributed by atoms with Crippen molar-refractivity contribution in [3.8, 4) is 0 Å². The van der Waals surface area contributed by atoms with Crippen LogP contribution in [0.5, 0.6) is 0 Å². The van der Waals surface area contributed by atoms with Crippen molar-refractivity contribution >= 4 is 17.3 Å². The van der Waals surface area contributed by atoms with E-state index >= 15 is 0 Å². The van der Waals surface area contributed by atoms with Gasteiger partial charge in [-0.05, 0) is 23.8 Å². The van der Waals surface area contributed by atoms with Gasteiger partial charge in [0.2, 0.25) is 0 Å². The molecule has 1 amide bonds. The highest BCUT2D eigenvalue weighted by molar-refractivity contribution is 5.96. The molecule has 0 bridgehead atoms. The minimum Gasteiger partial charge on any atom is -0.374 e. The summed E-state index contributed by atoms with van der Waals surface area (Å²) in [4.78, 5) is 16.4. The fraction of sp³-hybridized carbons (Fsp3) is 0.316. The zero-order chi connectivity index (χ0) is 15.6. The summed E-state index contributed by atoms with van der Waals surface area (Å²) in [6.07, 6.45) is 1.21. The van der Waals surface area contributed by atoms with E-state index in [1.807, 2.05) is 18.2 Å². The zero-order valence-corrected chi connectivity index (χ0v) is 13.1. The van der Waals surface area contributed by atoms with Crippen molar-refractivity contribution in [2.45, 2.75) is 24.5 Å². The van der Waals surface area contributed by atoms with E-state index in [0.717, 1.165) is 29.1 Å². The second-order valence-electron chi connectivity index (χ2n) is 6.83. The molecule has 23 heavy (non-hydrogen) atoms. The Hall–Kier alpha value is -2.33. The van der Waals surface area contributed by atoms with Gasteiger partial charge in [0.25, 0.3) is 0 Å². The van der Waals surface area contributed by atoms with Crippen molar-refractivity contribution in [2.24, 2.45) is 0 Å². The standard InChI is InChI=1S/C19H19N3O/c1-21-16-9-5-3-7-14(16)19(23)22-11-10-13-12-6-2-4-8-15(12)20-17(13)18(21)22/h2-9,13,17-18,20H,10-11H2,1H3/p+1/t13-,17-,18?/m1/s1. The number of fused-ring (bicyclic) bond motifs is 6. The summed E-state index contributed by atoms with van der Waals surface area (Å²) in [6, 6.07) is 16.9. The molecule has 5 rings (SSSR count). The molecule has 3 aliphatic rings. The number of amides is 1. The van der Waals surface area contributed by atoms with E-state index in [9.17, 15) is 4.79 Å². The van der Waals surface area contributed by atoms with Gasteiger partial charge in [0.05, 0.1) is 12.2 Å². The molecule has 2 aromatic carbocycles. The molecular formula is C19H20N3O+. The van der Waals surface area contributed by atoms with E-state index in [1.165, 1.54) is 11.3 Å². The van der Waals surface area contributed by atoms with Gasteiger partial charge in [-0.1, -0.05) is 30.3 Å². The summed E-state index contributed by atoms with van der Waals surface area (Å²) in [7, 11) is 2.13. The van der Waals surface area contributed by atoms with E-state index in [4.69, 9.17) is 0 Å². The van der Waals surface area contributed by atoms with Crippen LogP contribution in [0.2, 0.25) is 0 Å². The van der Waals surface area contributed by atoms with Crippen LogP contribution in [0.25, 0.3) is 0 Å². The highest BCUT2D eigenvalue weighted by Crippen LogP contribution is 2.41. The molecule has 3 aliphatic heterocycles. The van der Waals surface area contributed by atoms with Crippen molar-refractivity contribution in [2.75, 3.05) is 23.8 Å². The first-order valence-electron chi connectivity index (χ1n) is 8.33. The second kappa shape index (κ2) is 4.59. The van der Waals surface area contributed by atoms with Gasteiger partial charge in [-0.3, -0.25) is 0 Å². The van der Waals surface area contributed by atoms with Gasteiger partial charge in [0.1, 0.15) is 11.6 Å². The van der Waals surface area contributed by atoms with Crippen LogP contribution in [0.15, 0.2) is 48.5 Å². The number of hydrogen-bond donors (Lipinski definition) is 2. The summed E-state index contributed by atoms with van der Waals surface area (Å²) >= 11 is 0. The number of rotatable bonds is 0. The number of carbonyl (C=O) groups is 1. The molecule has 4 heteroatoms. The SMILES string of the molecule is CN1c2ccccc2C(=O)[NH+]2CC[C@@H]3c4ccccc4N[C@H]3C12. The number of para-hydroxylation sites is 2. The fourth-order valence-corrected chi connectivity index (χ4v) is 4.75. The van der Waals surface area contributed by atoms with E-state index in [1.54, 1.807) is 0 Å². The first-order valence-corrected chi connectivity index (χ1v) is 8.33. The molecule has 4 atom stereocenters. The first-order chi connectivity index (χ1) is 11.3. The topological polar surface area (TPSA) is 36.8 Å². The van der Waals surface area contributed by atoms with Crippen molar-refractivity contribution in [3.05, 3.63) is 59.7 Å². The number of hydrogen-bond acceptors (Lipinski definition) is 3. The van der Waals surface area contributed by atoms with E-state index < -0.39 is 0 Å². The average molecular weight is 306 g/mol. The Morgan fingerprint density at radius 2 is 1.91 bits per heavy atom. The molecule has 0 aliphatic carbocycles. The van der Waals surface area contributed by atoms with E-state index in [-0.39, 0.29) is 12.1 Å². The third kappa shape index (κ3) is 1.67. The van der Waals surface area contributed by atoms with Gasteiger partial charge < -0.3 is 10.2 Å². The predicted octanol–water partition coefficient (Wildman–Crippen LogP) is 1.47. The Morgan fingerprint density at radius 1 is 1.13 bits per heavy atom. The van der Waals surface area contributed by atoms with Crippen LogP contribution in [0, 0.1) is 0 Å². The maximum absolute atomic E-state index is 13.0. The maximum Gasteiger partial charge on any atom is 0.348 e. The maximum atomic E-state index is 13.0. The highest BCUT2D eigenvalue weighted by atomic mass is 16.2. The number of carbonyl (C=O) groups excluding carboxylic acids is 1. The van der Waals surface area contributed by atoms with E-state index in [0.29, 0.717) is 12.0 Å². The quantitative estimate of drug-likeness (QED) is 0.774. The van der Waals surface area contributed by atoms with Gasteiger partial charge in [-0.25, -0.2) is 9.69 Å². The lowest BCUT2D eigenvalue weighted by molar-refractivity contribution is -0.850. The predicted molar refractivity (Wildman–Crippen MR) is 90.0 cm³/mol. The van der Waals surface area contributed by atoms with Gasteiger partial charge in [-0.15, -0.1) is 0 Å². The van der Waals surface area contributed by atoms with Crippen molar-refractivity contribution in [1.82, 2.24) is 0 Å². The lowest BCUT2D eigenvalue weighted by Crippen LogP contribution is -3.23. The van der Waals surface area contributed by atoms with Crippen LogP contribution < -0.4 is 15.1 Å². The molecule has 2 aromatic rings. The molecule has 2 unspecified atom stereocenters. The number of piperidine rings is 1. The molecule has 0 spiro atoms. The lowest BCUT2D eigenvalue weighted by Gasteiger charge is -2.46. The molecule has 0 radical (unpaired) electrons. The molecule has 0 saturated carbocycles. The van der Waals surface area contributed by atoms with Crippen LogP contribution in [0.3, 0.4) is 0 Å². The molecule has 4 nitrogen and oxygen atoms in total. The Bertz CT molecular complexity index is 803. The number of likely N-dealkylation sites (N-methyl/N-ethyl adjacent to an activating group) is 1.